The summed E-state index contributed by atoms with van der Waals surface area (Å²) < 4.78 is 1.58. The minimum absolute atomic E-state index is 0.00352. The molecular weight excluding hydrogens is 394 g/mol. The van der Waals surface area contributed by atoms with E-state index < -0.39 is 12.1 Å². The fourth-order valence-corrected chi connectivity index (χ4v) is 3.72. The van der Waals surface area contributed by atoms with E-state index in [0.29, 0.717) is 17.3 Å². The lowest BCUT2D eigenvalue weighted by Gasteiger charge is -2.42. The molecule has 1 fully saturated rings. The van der Waals surface area contributed by atoms with Gasteiger partial charge in [-0.25, -0.2) is 4.79 Å². The zero-order chi connectivity index (χ0) is 21.3. The zero-order valence-electron chi connectivity index (χ0n) is 16.9. The van der Waals surface area contributed by atoms with Crippen molar-refractivity contribution in [1.29, 1.82) is 0 Å². The van der Waals surface area contributed by atoms with Crippen LogP contribution in [0.25, 0.3) is 0 Å². The maximum absolute atomic E-state index is 13.1. The van der Waals surface area contributed by atoms with Crippen molar-refractivity contribution in [1.82, 2.24) is 19.6 Å². The average molecular weight is 418 g/mol. The topological polar surface area (TPSA) is 78.8 Å². The van der Waals surface area contributed by atoms with Crippen LogP contribution in [0.2, 0.25) is 5.02 Å². The third-order valence-electron chi connectivity index (χ3n) is 5.20. The van der Waals surface area contributed by atoms with Crippen molar-refractivity contribution in [3.8, 4) is 0 Å². The highest BCUT2D eigenvalue weighted by atomic mass is 35.5. The molecular formula is C20H24ClN5O3. The lowest BCUT2D eigenvalue weighted by Crippen LogP contribution is -2.64. The van der Waals surface area contributed by atoms with E-state index in [1.165, 1.54) is 9.80 Å². The SMILES string of the molecule is CCC(c1cccc(Cl)c1)N(C)C(=O)N1C(=O)CC1C(=O)N(C)c1ccn(C)n1. The van der Waals surface area contributed by atoms with Crippen LogP contribution in [0.1, 0.15) is 31.4 Å². The summed E-state index contributed by atoms with van der Waals surface area (Å²) in [6.07, 6.45) is 2.36. The van der Waals surface area contributed by atoms with Crippen molar-refractivity contribution in [3.05, 3.63) is 47.1 Å². The fraction of sp³-hybridized carbons (Fsp3) is 0.400. The van der Waals surface area contributed by atoms with E-state index >= 15 is 0 Å². The predicted molar refractivity (Wildman–Crippen MR) is 110 cm³/mol. The van der Waals surface area contributed by atoms with E-state index in [1.54, 1.807) is 50.2 Å². The Labute approximate surface area is 174 Å². The molecule has 4 amide bonds. The molecule has 1 aliphatic heterocycles. The molecule has 2 heterocycles. The largest absolute Gasteiger partial charge is 0.327 e. The quantitative estimate of drug-likeness (QED) is 0.701. The second-order valence-electron chi connectivity index (χ2n) is 7.10. The van der Waals surface area contributed by atoms with Crippen molar-refractivity contribution < 1.29 is 14.4 Å². The molecule has 0 radical (unpaired) electrons. The van der Waals surface area contributed by atoms with Gasteiger partial charge in [-0.05, 0) is 24.1 Å². The van der Waals surface area contributed by atoms with Crippen LogP contribution in [0.15, 0.2) is 36.5 Å². The summed E-state index contributed by atoms with van der Waals surface area (Å²) in [5.74, 6) is -0.251. The number of halogens is 1. The van der Waals surface area contributed by atoms with Gasteiger partial charge >= 0.3 is 6.03 Å². The normalized spacial score (nSPS) is 16.9. The van der Waals surface area contributed by atoms with Crippen LogP contribution in [-0.2, 0) is 16.6 Å². The molecule has 1 aromatic heterocycles. The van der Waals surface area contributed by atoms with E-state index in [9.17, 15) is 14.4 Å². The van der Waals surface area contributed by atoms with Gasteiger partial charge in [-0.3, -0.25) is 24.1 Å². The molecule has 0 aliphatic carbocycles. The number of aromatic nitrogens is 2. The number of carbonyl (C=O) groups excluding carboxylic acids is 3. The van der Waals surface area contributed by atoms with Gasteiger partial charge in [-0.15, -0.1) is 0 Å². The molecule has 154 valence electrons. The molecule has 29 heavy (non-hydrogen) atoms. The standard InChI is InChI=1S/C20H24ClN5O3/c1-5-15(13-7-6-8-14(21)11-13)24(3)20(29)26-16(12-18(26)27)19(28)25(4)17-9-10-23(2)22-17/h6-11,15-16H,5,12H2,1-4H3. The molecule has 9 heteroatoms. The molecule has 0 spiro atoms. The Hall–Kier alpha value is -2.87. The number of urea groups is 1. The number of likely N-dealkylation sites (N-methyl/N-ethyl adjacent to an activating group) is 1. The Morgan fingerprint density at radius 3 is 2.59 bits per heavy atom. The molecule has 0 saturated carbocycles. The smallest absolute Gasteiger partial charge is 0.320 e. The number of aryl methyl sites for hydroxylation is 1. The van der Waals surface area contributed by atoms with Gasteiger partial charge in [-0.2, -0.15) is 5.10 Å². The third kappa shape index (κ3) is 3.98. The van der Waals surface area contributed by atoms with Crippen LogP contribution >= 0.6 is 11.6 Å². The Bertz CT molecular complexity index is 944. The van der Waals surface area contributed by atoms with Gasteiger partial charge in [0.1, 0.15) is 6.04 Å². The molecule has 2 aromatic rings. The Kier molecular flexibility index (Phi) is 5.93. The number of likely N-dealkylation sites (tertiary alicyclic amines) is 1. The minimum Gasteiger partial charge on any atom is -0.320 e. The Morgan fingerprint density at radius 1 is 1.31 bits per heavy atom. The highest BCUT2D eigenvalue weighted by Crippen LogP contribution is 2.30. The number of carbonyl (C=O) groups is 3. The number of nitrogens with zero attached hydrogens (tertiary/aromatic N) is 5. The molecule has 2 unspecified atom stereocenters. The molecule has 2 atom stereocenters. The first-order valence-corrected chi connectivity index (χ1v) is 9.74. The summed E-state index contributed by atoms with van der Waals surface area (Å²) in [5, 5.41) is 4.77. The van der Waals surface area contributed by atoms with E-state index in [0.717, 1.165) is 10.5 Å². The second-order valence-corrected chi connectivity index (χ2v) is 7.54. The Balaban J connectivity index is 1.77. The van der Waals surface area contributed by atoms with Gasteiger partial charge < -0.3 is 4.90 Å². The number of hydrogen-bond acceptors (Lipinski definition) is 4. The average Bonchev–Trinajstić information content (AvgIpc) is 3.11. The number of hydrogen-bond donors (Lipinski definition) is 0. The summed E-state index contributed by atoms with van der Waals surface area (Å²) in [6, 6.07) is 7.38. The van der Waals surface area contributed by atoms with Gasteiger partial charge in [-0.1, -0.05) is 30.7 Å². The van der Waals surface area contributed by atoms with Crippen LogP contribution in [-0.4, -0.2) is 57.6 Å². The molecule has 0 N–H and O–H groups in total. The van der Waals surface area contributed by atoms with Crippen molar-refractivity contribution in [2.45, 2.75) is 31.8 Å². The van der Waals surface area contributed by atoms with E-state index in [2.05, 4.69) is 5.10 Å². The predicted octanol–water partition coefficient (Wildman–Crippen LogP) is 2.84. The first-order valence-electron chi connectivity index (χ1n) is 9.36. The van der Waals surface area contributed by atoms with E-state index in [1.807, 2.05) is 19.1 Å². The number of amides is 4. The highest BCUT2D eigenvalue weighted by Gasteiger charge is 2.48. The molecule has 3 rings (SSSR count). The molecule has 1 aromatic carbocycles. The maximum atomic E-state index is 13.1. The first-order chi connectivity index (χ1) is 13.7. The summed E-state index contributed by atoms with van der Waals surface area (Å²) in [4.78, 5) is 42.1. The summed E-state index contributed by atoms with van der Waals surface area (Å²) >= 11 is 6.09. The molecule has 0 bridgehead atoms. The number of benzene rings is 1. The fourth-order valence-electron chi connectivity index (χ4n) is 3.52. The summed E-state index contributed by atoms with van der Waals surface area (Å²) in [6.45, 7) is 1.95. The second kappa shape index (κ2) is 8.24. The lowest BCUT2D eigenvalue weighted by molar-refractivity contribution is -0.148. The van der Waals surface area contributed by atoms with Crippen molar-refractivity contribution in [2.24, 2.45) is 7.05 Å². The number of imide groups is 1. The van der Waals surface area contributed by atoms with Crippen molar-refractivity contribution in [2.75, 3.05) is 19.0 Å². The lowest BCUT2D eigenvalue weighted by atomic mass is 9.99. The van der Waals surface area contributed by atoms with Crippen molar-refractivity contribution in [3.63, 3.8) is 0 Å². The summed E-state index contributed by atoms with van der Waals surface area (Å²) in [5.41, 5.74) is 0.873. The number of rotatable bonds is 5. The molecule has 8 nitrogen and oxygen atoms in total. The van der Waals surface area contributed by atoms with Gasteiger partial charge in [0.2, 0.25) is 5.91 Å². The van der Waals surface area contributed by atoms with Crippen LogP contribution in [0.4, 0.5) is 10.6 Å². The zero-order valence-corrected chi connectivity index (χ0v) is 17.6. The summed E-state index contributed by atoms with van der Waals surface area (Å²) in [7, 11) is 4.97. The minimum atomic E-state index is -0.832. The van der Waals surface area contributed by atoms with Gasteiger partial charge in [0.25, 0.3) is 5.91 Å². The number of anilines is 1. The monoisotopic (exact) mass is 417 g/mol. The van der Waals surface area contributed by atoms with Crippen LogP contribution in [0.3, 0.4) is 0 Å². The Morgan fingerprint density at radius 2 is 2.03 bits per heavy atom. The maximum Gasteiger partial charge on any atom is 0.327 e. The van der Waals surface area contributed by atoms with Crippen LogP contribution in [0.5, 0.6) is 0 Å². The van der Waals surface area contributed by atoms with Gasteiger partial charge in [0.05, 0.1) is 12.5 Å². The number of β-lactam (4-membered cyclic amide) rings is 1. The first kappa shape index (κ1) is 20.9. The molecule has 1 saturated heterocycles. The molecule has 1 aliphatic rings. The van der Waals surface area contributed by atoms with Crippen molar-refractivity contribution >= 4 is 35.3 Å². The van der Waals surface area contributed by atoms with Gasteiger partial charge in [0.15, 0.2) is 5.82 Å². The van der Waals surface area contributed by atoms with E-state index in [4.69, 9.17) is 11.6 Å². The third-order valence-corrected chi connectivity index (χ3v) is 5.44. The van der Waals surface area contributed by atoms with Crippen LogP contribution < -0.4 is 4.90 Å². The van der Waals surface area contributed by atoms with Gasteiger partial charge in [0, 0.05) is 38.4 Å². The van der Waals surface area contributed by atoms with Crippen LogP contribution in [0, 0.1) is 0 Å². The highest BCUT2D eigenvalue weighted by molar-refractivity contribution is 6.30. The van der Waals surface area contributed by atoms with E-state index in [-0.39, 0.29) is 24.3 Å².